The van der Waals surface area contributed by atoms with Gasteiger partial charge in [0.25, 0.3) is 0 Å². The number of benzene rings is 1. The highest BCUT2D eigenvalue weighted by molar-refractivity contribution is 9.11. The number of aromatic amines is 1. The van der Waals surface area contributed by atoms with Crippen LogP contribution >= 0.6 is 27.3 Å². The molecular formula is C11H7BrN2S. The maximum atomic E-state index is 4.38. The maximum Gasteiger partial charge on any atom is 0.159 e. The van der Waals surface area contributed by atoms with Crippen LogP contribution in [0.15, 0.2) is 39.6 Å². The van der Waals surface area contributed by atoms with Gasteiger partial charge in [0.1, 0.15) is 0 Å². The first-order valence-electron chi connectivity index (χ1n) is 4.52. The zero-order valence-corrected chi connectivity index (χ0v) is 10.1. The van der Waals surface area contributed by atoms with Gasteiger partial charge in [-0.05, 0) is 28.1 Å². The first kappa shape index (κ1) is 9.12. The van der Waals surface area contributed by atoms with Crippen LogP contribution in [0.1, 0.15) is 0 Å². The molecule has 2 aromatic heterocycles. The van der Waals surface area contributed by atoms with Crippen molar-refractivity contribution >= 4 is 38.2 Å². The number of hydrogen-bond acceptors (Lipinski definition) is 2. The number of rotatable bonds is 1. The van der Waals surface area contributed by atoms with Crippen molar-refractivity contribution < 1.29 is 0 Å². The van der Waals surface area contributed by atoms with Crippen molar-refractivity contribution in [1.29, 1.82) is 0 Å². The highest BCUT2D eigenvalue weighted by Gasteiger charge is 2.05. The second-order valence-electron chi connectivity index (χ2n) is 3.26. The van der Waals surface area contributed by atoms with Gasteiger partial charge in [0.2, 0.25) is 0 Å². The first-order chi connectivity index (χ1) is 7.33. The Labute approximate surface area is 99.1 Å². The summed E-state index contributed by atoms with van der Waals surface area (Å²) in [6, 6.07) is 10.4. The summed E-state index contributed by atoms with van der Waals surface area (Å²) in [5, 5.41) is 3.26. The molecule has 1 N–H and O–H groups in total. The quantitative estimate of drug-likeness (QED) is 0.715. The third kappa shape index (κ3) is 1.60. The zero-order chi connectivity index (χ0) is 10.3. The van der Waals surface area contributed by atoms with E-state index in [0.29, 0.717) is 0 Å². The number of hydrogen-bond donors (Lipinski definition) is 1. The van der Waals surface area contributed by atoms with E-state index in [1.165, 1.54) is 5.39 Å². The van der Waals surface area contributed by atoms with Crippen molar-refractivity contribution in [2.24, 2.45) is 0 Å². The largest absolute Gasteiger partial charge is 0.353 e. The van der Waals surface area contributed by atoms with Crippen molar-refractivity contribution in [2.45, 2.75) is 0 Å². The molecule has 0 radical (unpaired) electrons. The van der Waals surface area contributed by atoms with E-state index in [4.69, 9.17) is 0 Å². The molecule has 0 amide bonds. The van der Waals surface area contributed by atoms with Crippen LogP contribution in [0.5, 0.6) is 0 Å². The van der Waals surface area contributed by atoms with Crippen molar-refractivity contribution in [1.82, 2.24) is 9.97 Å². The molecule has 74 valence electrons. The Bertz CT molecular complexity index is 579. The lowest BCUT2D eigenvalue weighted by Gasteiger charge is -1.87. The number of nitrogens with one attached hydrogen (secondary N) is 1. The van der Waals surface area contributed by atoms with E-state index in [2.05, 4.69) is 44.1 Å². The number of nitrogens with zero attached hydrogens (tertiary/aromatic N) is 1. The van der Waals surface area contributed by atoms with Crippen LogP contribution in [0.3, 0.4) is 0 Å². The molecule has 0 bridgehead atoms. The molecule has 15 heavy (non-hydrogen) atoms. The molecule has 0 atom stereocenters. The number of fused-ring (bicyclic) bond motifs is 1. The Morgan fingerprint density at radius 3 is 2.87 bits per heavy atom. The van der Waals surface area contributed by atoms with Crippen molar-refractivity contribution in [3.63, 3.8) is 0 Å². The maximum absolute atomic E-state index is 4.38. The van der Waals surface area contributed by atoms with Crippen LogP contribution < -0.4 is 0 Å². The van der Waals surface area contributed by atoms with Gasteiger partial charge < -0.3 is 4.98 Å². The second kappa shape index (κ2) is 3.47. The minimum absolute atomic E-state index is 0.913. The summed E-state index contributed by atoms with van der Waals surface area (Å²) in [7, 11) is 0. The summed E-state index contributed by atoms with van der Waals surface area (Å²) in [4.78, 5) is 7.73. The van der Waals surface area contributed by atoms with E-state index >= 15 is 0 Å². The molecule has 4 heteroatoms. The third-order valence-electron chi connectivity index (χ3n) is 2.28. The molecule has 0 aliphatic heterocycles. The molecule has 2 heterocycles. The topological polar surface area (TPSA) is 28.7 Å². The molecule has 0 fully saturated rings. The van der Waals surface area contributed by atoms with Gasteiger partial charge in [-0.15, -0.1) is 11.3 Å². The number of para-hydroxylation sites is 1. The van der Waals surface area contributed by atoms with E-state index in [0.717, 1.165) is 20.8 Å². The normalized spacial score (nSPS) is 11.0. The van der Waals surface area contributed by atoms with E-state index in [1.807, 2.05) is 17.5 Å². The fourth-order valence-corrected chi connectivity index (χ4v) is 2.60. The minimum atomic E-state index is 0.913. The molecule has 0 saturated heterocycles. The molecule has 0 aliphatic carbocycles. The molecule has 0 unspecified atom stereocenters. The SMILES string of the molecule is Brc1nc(-c2cc3ccccc3[nH]2)cs1. The Kier molecular flexibility index (Phi) is 2.11. The predicted molar refractivity (Wildman–Crippen MR) is 67.1 cm³/mol. The van der Waals surface area contributed by atoms with Gasteiger partial charge in [-0.1, -0.05) is 18.2 Å². The highest BCUT2D eigenvalue weighted by Crippen LogP contribution is 2.27. The first-order valence-corrected chi connectivity index (χ1v) is 6.19. The van der Waals surface area contributed by atoms with Crippen LogP contribution in [-0.4, -0.2) is 9.97 Å². The fourth-order valence-electron chi connectivity index (χ4n) is 1.59. The molecule has 3 rings (SSSR count). The van der Waals surface area contributed by atoms with E-state index in [1.54, 1.807) is 11.3 Å². The Morgan fingerprint density at radius 1 is 1.27 bits per heavy atom. The van der Waals surface area contributed by atoms with E-state index in [-0.39, 0.29) is 0 Å². The molecule has 0 spiro atoms. The minimum Gasteiger partial charge on any atom is -0.353 e. The lowest BCUT2D eigenvalue weighted by Crippen LogP contribution is -1.75. The van der Waals surface area contributed by atoms with Crippen LogP contribution in [0.2, 0.25) is 0 Å². The molecule has 2 nitrogen and oxygen atoms in total. The van der Waals surface area contributed by atoms with Crippen molar-refractivity contribution in [3.8, 4) is 11.4 Å². The molecule has 3 aromatic rings. The van der Waals surface area contributed by atoms with Gasteiger partial charge in [-0.2, -0.15) is 0 Å². The van der Waals surface area contributed by atoms with Crippen LogP contribution in [0, 0.1) is 0 Å². The molecule has 1 aromatic carbocycles. The van der Waals surface area contributed by atoms with Gasteiger partial charge in [-0.3, -0.25) is 0 Å². The fraction of sp³-hybridized carbons (Fsp3) is 0. The second-order valence-corrected chi connectivity index (χ2v) is 5.39. The van der Waals surface area contributed by atoms with Crippen LogP contribution in [-0.2, 0) is 0 Å². The summed E-state index contributed by atoms with van der Waals surface area (Å²) in [5.41, 5.74) is 3.21. The summed E-state index contributed by atoms with van der Waals surface area (Å²) in [6.07, 6.45) is 0. The summed E-state index contributed by atoms with van der Waals surface area (Å²) >= 11 is 4.96. The van der Waals surface area contributed by atoms with Gasteiger partial charge in [0, 0.05) is 16.3 Å². The van der Waals surface area contributed by atoms with Gasteiger partial charge in [-0.25, -0.2) is 4.98 Å². The Morgan fingerprint density at radius 2 is 2.13 bits per heavy atom. The average molecular weight is 279 g/mol. The summed E-state index contributed by atoms with van der Waals surface area (Å²) < 4.78 is 0.913. The number of aromatic nitrogens is 2. The number of thiazole rings is 1. The molecule has 0 aliphatic rings. The van der Waals surface area contributed by atoms with Crippen LogP contribution in [0.4, 0.5) is 0 Å². The number of halogens is 1. The summed E-state index contributed by atoms with van der Waals surface area (Å²) in [6.45, 7) is 0. The Hall–Kier alpha value is -1.13. The van der Waals surface area contributed by atoms with E-state index in [9.17, 15) is 0 Å². The van der Waals surface area contributed by atoms with Gasteiger partial charge in [0.15, 0.2) is 3.92 Å². The smallest absolute Gasteiger partial charge is 0.159 e. The lowest BCUT2D eigenvalue weighted by atomic mass is 10.2. The third-order valence-corrected chi connectivity index (χ3v) is 3.65. The zero-order valence-electron chi connectivity index (χ0n) is 7.70. The van der Waals surface area contributed by atoms with Crippen molar-refractivity contribution in [2.75, 3.05) is 0 Å². The monoisotopic (exact) mass is 278 g/mol. The van der Waals surface area contributed by atoms with E-state index < -0.39 is 0 Å². The Balaban J connectivity index is 2.19. The van der Waals surface area contributed by atoms with Gasteiger partial charge in [0.05, 0.1) is 11.4 Å². The highest BCUT2D eigenvalue weighted by atomic mass is 79.9. The lowest BCUT2D eigenvalue weighted by molar-refractivity contribution is 1.33. The standard InChI is InChI=1S/C11H7BrN2S/c12-11-14-10(6-15-11)9-5-7-3-1-2-4-8(7)13-9/h1-6,13H. The predicted octanol–water partition coefficient (Wildman–Crippen LogP) is 4.05. The number of H-pyrrole nitrogens is 1. The summed E-state index contributed by atoms with van der Waals surface area (Å²) in [5.74, 6) is 0. The van der Waals surface area contributed by atoms with Crippen LogP contribution in [0.25, 0.3) is 22.3 Å². The average Bonchev–Trinajstić information content (AvgIpc) is 2.82. The van der Waals surface area contributed by atoms with Crippen molar-refractivity contribution in [3.05, 3.63) is 39.6 Å². The molecular weight excluding hydrogens is 272 g/mol. The van der Waals surface area contributed by atoms with Gasteiger partial charge >= 0.3 is 0 Å². The molecule has 0 saturated carbocycles.